The third-order valence-corrected chi connectivity index (χ3v) is 6.29. The summed E-state index contributed by atoms with van der Waals surface area (Å²) in [4.78, 5) is 28.4. The topological polar surface area (TPSA) is 67.9 Å². The van der Waals surface area contributed by atoms with Crippen LogP contribution in [0.5, 0.6) is 11.5 Å². The maximum Gasteiger partial charge on any atom is 0.265 e. The van der Waals surface area contributed by atoms with Gasteiger partial charge in [-0.25, -0.2) is 0 Å². The van der Waals surface area contributed by atoms with Gasteiger partial charge in [0.05, 0.1) is 24.8 Å². The van der Waals surface area contributed by atoms with E-state index >= 15 is 0 Å². The normalized spacial score (nSPS) is 13.0. The van der Waals surface area contributed by atoms with Gasteiger partial charge in [0.25, 0.3) is 5.91 Å². The molecular weight excluding hydrogens is 424 g/mol. The van der Waals surface area contributed by atoms with Crippen molar-refractivity contribution in [3.63, 3.8) is 0 Å². The fraction of sp³-hybridized carbons (Fsp3) is 0.200. The Labute approximate surface area is 191 Å². The molecule has 4 rings (SSSR count). The van der Waals surface area contributed by atoms with E-state index in [1.54, 1.807) is 44.6 Å². The Morgan fingerprint density at radius 2 is 1.81 bits per heavy atom. The van der Waals surface area contributed by atoms with Gasteiger partial charge in [0, 0.05) is 24.8 Å². The van der Waals surface area contributed by atoms with Crippen molar-refractivity contribution in [2.24, 2.45) is 0 Å². The number of ketones is 1. The van der Waals surface area contributed by atoms with Gasteiger partial charge in [-0.3, -0.25) is 9.59 Å². The highest BCUT2D eigenvalue weighted by atomic mass is 32.1. The minimum Gasteiger partial charge on any atom is -0.493 e. The molecular formula is C25H24N2O4S. The number of Topliss-reactive ketones (excluding diaryl/α,β-unsaturated/α-hetero) is 1. The number of nitrogens with zero attached hydrogens (tertiary/aromatic N) is 1. The number of likely N-dealkylation sites (N-methyl/N-ethyl adjacent to an activating group) is 1. The zero-order valence-electron chi connectivity index (χ0n) is 18.2. The molecule has 0 atom stereocenters. The first-order valence-electron chi connectivity index (χ1n) is 10.2. The highest BCUT2D eigenvalue weighted by Gasteiger charge is 2.22. The van der Waals surface area contributed by atoms with Gasteiger partial charge < -0.3 is 19.7 Å². The number of nitrogens with one attached hydrogen (secondary N) is 1. The summed E-state index contributed by atoms with van der Waals surface area (Å²) in [7, 11) is 5.12. The van der Waals surface area contributed by atoms with Crippen LogP contribution >= 0.6 is 11.3 Å². The van der Waals surface area contributed by atoms with Gasteiger partial charge in [0.15, 0.2) is 11.5 Å². The molecule has 3 aromatic rings. The average Bonchev–Trinajstić information content (AvgIpc) is 3.30. The van der Waals surface area contributed by atoms with Crippen molar-refractivity contribution in [3.8, 4) is 11.5 Å². The van der Waals surface area contributed by atoms with Crippen molar-refractivity contribution in [1.29, 1.82) is 0 Å². The number of benzene rings is 2. The van der Waals surface area contributed by atoms with Crippen molar-refractivity contribution in [3.05, 3.63) is 81.2 Å². The molecule has 1 aliphatic rings. The number of carbonyl (C=O) groups excluding carboxylic acids is 2. The van der Waals surface area contributed by atoms with Crippen LogP contribution in [-0.4, -0.2) is 44.4 Å². The lowest BCUT2D eigenvalue weighted by molar-refractivity contribution is 0.0997. The second-order valence-corrected chi connectivity index (χ2v) is 8.40. The maximum atomic E-state index is 13.4. The van der Waals surface area contributed by atoms with Gasteiger partial charge in [0.1, 0.15) is 0 Å². The third-order valence-electron chi connectivity index (χ3n) is 5.43. The highest BCUT2D eigenvalue weighted by molar-refractivity contribution is 7.12. The minimum absolute atomic E-state index is 0.109. The second-order valence-electron chi connectivity index (χ2n) is 7.45. The molecule has 0 saturated carbocycles. The lowest BCUT2D eigenvalue weighted by Crippen LogP contribution is -2.24. The van der Waals surface area contributed by atoms with Crippen molar-refractivity contribution in [1.82, 2.24) is 4.90 Å². The number of carbonyl (C=O) groups is 2. The number of amides is 1. The van der Waals surface area contributed by atoms with E-state index in [-0.39, 0.29) is 11.7 Å². The molecule has 0 saturated heterocycles. The van der Waals surface area contributed by atoms with E-state index in [1.807, 2.05) is 41.6 Å². The number of ether oxygens (including phenoxy) is 2. The Hall–Kier alpha value is -3.58. The number of hydrogen-bond acceptors (Lipinski definition) is 6. The van der Waals surface area contributed by atoms with Crippen LogP contribution in [0, 0.1) is 0 Å². The third kappa shape index (κ3) is 4.38. The molecule has 0 radical (unpaired) electrons. The number of thiophene rings is 1. The molecule has 6 nitrogen and oxygen atoms in total. The molecule has 1 N–H and O–H groups in total. The second kappa shape index (κ2) is 9.28. The maximum absolute atomic E-state index is 13.4. The van der Waals surface area contributed by atoms with E-state index in [0.29, 0.717) is 39.9 Å². The summed E-state index contributed by atoms with van der Waals surface area (Å²) >= 11 is 1.37. The van der Waals surface area contributed by atoms with Gasteiger partial charge in [0.2, 0.25) is 5.78 Å². The van der Waals surface area contributed by atoms with Crippen LogP contribution in [0.3, 0.4) is 0 Å². The summed E-state index contributed by atoms with van der Waals surface area (Å²) in [6.07, 6.45) is 2.67. The van der Waals surface area contributed by atoms with E-state index in [4.69, 9.17) is 9.47 Å². The number of fused-ring (bicyclic) bond motifs is 1. The fourth-order valence-corrected chi connectivity index (χ4v) is 4.30. The molecule has 0 aliphatic carbocycles. The molecule has 2 aromatic carbocycles. The van der Waals surface area contributed by atoms with Crippen LogP contribution in [0.25, 0.3) is 6.08 Å². The van der Waals surface area contributed by atoms with Gasteiger partial charge in [-0.2, -0.15) is 0 Å². The monoisotopic (exact) mass is 448 g/mol. The summed E-state index contributed by atoms with van der Waals surface area (Å²) < 4.78 is 10.9. The first kappa shape index (κ1) is 21.6. The molecule has 1 amide bonds. The van der Waals surface area contributed by atoms with Crippen LogP contribution in [0.15, 0.2) is 59.6 Å². The average molecular weight is 449 g/mol. The van der Waals surface area contributed by atoms with Gasteiger partial charge in [-0.1, -0.05) is 18.2 Å². The summed E-state index contributed by atoms with van der Waals surface area (Å²) in [5.41, 5.74) is 3.69. The van der Waals surface area contributed by atoms with Crippen LogP contribution < -0.4 is 14.8 Å². The first-order chi connectivity index (χ1) is 15.5. The van der Waals surface area contributed by atoms with Gasteiger partial charge in [-0.05, 0) is 59.3 Å². The van der Waals surface area contributed by atoms with Crippen LogP contribution in [-0.2, 0) is 6.42 Å². The van der Waals surface area contributed by atoms with E-state index in [1.165, 1.54) is 11.3 Å². The smallest absolute Gasteiger partial charge is 0.265 e. The van der Waals surface area contributed by atoms with Gasteiger partial charge in [-0.15, -0.1) is 11.3 Å². The largest absolute Gasteiger partial charge is 0.493 e. The van der Waals surface area contributed by atoms with Crippen molar-refractivity contribution < 1.29 is 19.1 Å². The van der Waals surface area contributed by atoms with Crippen molar-refractivity contribution in [2.75, 3.05) is 33.1 Å². The summed E-state index contributed by atoms with van der Waals surface area (Å²) in [5, 5.41) is 4.72. The number of rotatable bonds is 6. The first-order valence-corrected chi connectivity index (χ1v) is 11.1. The van der Waals surface area contributed by atoms with Crippen molar-refractivity contribution >= 4 is 34.8 Å². The summed E-state index contributed by atoms with van der Waals surface area (Å²) in [5.74, 6) is 0.996. The highest BCUT2D eigenvalue weighted by Crippen LogP contribution is 2.34. The SMILES string of the molecule is COc1cc2c(cc1OC)CCN(C)C(C(=O)c1cccc(NC(=O)c3cccs3)c1)=C2. The Balaban J connectivity index is 1.64. The summed E-state index contributed by atoms with van der Waals surface area (Å²) in [6, 6.07) is 14.5. The molecule has 0 bridgehead atoms. The minimum atomic E-state index is -0.189. The molecule has 1 aliphatic heterocycles. The number of methoxy groups -OCH3 is 2. The Bertz CT molecular complexity index is 1180. The van der Waals surface area contributed by atoms with Crippen LogP contribution in [0.2, 0.25) is 0 Å². The van der Waals surface area contributed by atoms with E-state index in [2.05, 4.69) is 5.32 Å². The molecule has 1 aromatic heterocycles. The summed E-state index contributed by atoms with van der Waals surface area (Å²) in [6.45, 7) is 0.689. The molecule has 2 heterocycles. The predicted molar refractivity (Wildman–Crippen MR) is 127 cm³/mol. The van der Waals surface area contributed by atoms with Crippen LogP contribution in [0.4, 0.5) is 5.69 Å². The molecule has 164 valence electrons. The fourth-order valence-electron chi connectivity index (χ4n) is 3.68. The standard InChI is InChI=1S/C25H24N2O4S/c1-27-10-9-16-14-21(30-2)22(31-3)15-18(16)13-20(27)24(28)17-6-4-7-19(12-17)26-25(29)23-8-5-11-32-23/h4-8,11-15H,9-10H2,1-3H3,(H,26,29). The molecule has 32 heavy (non-hydrogen) atoms. The molecule has 7 heteroatoms. The number of anilines is 1. The Kier molecular flexibility index (Phi) is 6.28. The number of hydrogen-bond donors (Lipinski definition) is 1. The van der Waals surface area contributed by atoms with E-state index in [0.717, 1.165) is 17.5 Å². The zero-order chi connectivity index (χ0) is 22.7. The number of allylic oxidation sites excluding steroid dienone is 1. The molecule has 0 fully saturated rings. The van der Waals surface area contributed by atoms with Crippen LogP contribution in [0.1, 0.15) is 31.2 Å². The Morgan fingerprint density at radius 3 is 2.53 bits per heavy atom. The Morgan fingerprint density at radius 1 is 1.03 bits per heavy atom. The lowest BCUT2D eigenvalue weighted by atomic mass is 10.0. The van der Waals surface area contributed by atoms with Crippen molar-refractivity contribution in [2.45, 2.75) is 6.42 Å². The molecule has 0 spiro atoms. The zero-order valence-corrected chi connectivity index (χ0v) is 19.0. The van der Waals surface area contributed by atoms with E-state index < -0.39 is 0 Å². The molecule has 0 unspecified atom stereocenters. The lowest BCUT2D eigenvalue weighted by Gasteiger charge is -2.20. The predicted octanol–water partition coefficient (Wildman–Crippen LogP) is 4.73. The quantitative estimate of drug-likeness (QED) is 0.552. The van der Waals surface area contributed by atoms with E-state index in [9.17, 15) is 9.59 Å². The van der Waals surface area contributed by atoms with Gasteiger partial charge >= 0.3 is 0 Å².